The smallest absolute Gasteiger partial charge is 0.00115 e. The number of rotatable bonds is 3. The maximum absolute atomic E-state index is 3.60. The van der Waals surface area contributed by atoms with E-state index in [1.165, 1.54) is 22.3 Å². The van der Waals surface area contributed by atoms with Crippen molar-refractivity contribution in [1.29, 1.82) is 0 Å². The molecule has 0 saturated carbocycles. The third-order valence-electron chi connectivity index (χ3n) is 3.56. The third kappa shape index (κ3) is 2.50. The molecule has 0 saturated heterocycles. The van der Waals surface area contributed by atoms with E-state index in [-0.39, 0.29) is 0 Å². The van der Waals surface area contributed by atoms with Crippen molar-refractivity contribution < 1.29 is 0 Å². The molecule has 3 aromatic rings. The maximum Gasteiger partial charge on any atom is -0.00115 e. The molecule has 0 nitrogen and oxygen atoms in total. The molecule has 0 atom stereocenters. The van der Waals surface area contributed by atoms with Gasteiger partial charge in [-0.1, -0.05) is 79.7 Å². The van der Waals surface area contributed by atoms with Gasteiger partial charge in [0.25, 0.3) is 0 Å². The van der Waals surface area contributed by atoms with E-state index in [9.17, 15) is 0 Å². The highest BCUT2D eigenvalue weighted by Crippen LogP contribution is 2.29. The molecule has 0 aliphatic carbocycles. The molecule has 20 heavy (non-hydrogen) atoms. The first-order valence-electron chi connectivity index (χ1n) is 7.04. The zero-order valence-corrected chi connectivity index (χ0v) is 11.6. The molecule has 0 spiro atoms. The van der Waals surface area contributed by atoms with Crippen molar-refractivity contribution in [2.24, 2.45) is 0 Å². The minimum atomic E-state index is 1.02. The van der Waals surface area contributed by atoms with Crippen LogP contribution < -0.4 is 0 Å². The summed E-state index contributed by atoms with van der Waals surface area (Å²) in [4.78, 5) is 0. The van der Waals surface area contributed by atoms with Crippen LogP contribution in [-0.4, -0.2) is 0 Å². The Hall–Kier alpha value is -2.34. The van der Waals surface area contributed by atoms with Gasteiger partial charge in [0.15, 0.2) is 0 Å². The predicted octanol–water partition coefficient (Wildman–Crippen LogP) is 5.38. The number of aryl methyl sites for hydroxylation is 1. The molecule has 0 aliphatic rings. The van der Waals surface area contributed by atoms with Crippen molar-refractivity contribution in [2.45, 2.75) is 13.3 Å². The molecule has 0 aromatic heterocycles. The lowest BCUT2D eigenvalue weighted by Gasteiger charge is -2.10. The van der Waals surface area contributed by atoms with Crippen LogP contribution in [0.3, 0.4) is 0 Å². The fourth-order valence-corrected chi connectivity index (χ4v) is 2.47. The van der Waals surface area contributed by atoms with E-state index in [0.717, 1.165) is 12.0 Å². The van der Waals surface area contributed by atoms with E-state index in [1.807, 2.05) is 6.07 Å². The van der Waals surface area contributed by atoms with E-state index in [2.05, 4.69) is 79.7 Å². The lowest BCUT2D eigenvalue weighted by Crippen LogP contribution is -1.89. The molecular formula is C20H17. The van der Waals surface area contributed by atoms with Gasteiger partial charge in [0.1, 0.15) is 0 Å². The topological polar surface area (TPSA) is 0 Å². The molecule has 1 radical (unpaired) electrons. The Morgan fingerprint density at radius 3 is 1.90 bits per heavy atom. The van der Waals surface area contributed by atoms with Crippen LogP contribution in [0.5, 0.6) is 0 Å². The van der Waals surface area contributed by atoms with Crippen LogP contribution in [0, 0.1) is 6.07 Å². The van der Waals surface area contributed by atoms with Crippen LogP contribution in [-0.2, 0) is 6.42 Å². The second kappa shape index (κ2) is 5.75. The second-order valence-electron chi connectivity index (χ2n) is 4.86. The van der Waals surface area contributed by atoms with Gasteiger partial charge in [-0.2, -0.15) is 0 Å². The lowest BCUT2D eigenvalue weighted by atomic mass is 9.93. The fourth-order valence-electron chi connectivity index (χ4n) is 2.47. The summed E-state index contributed by atoms with van der Waals surface area (Å²) >= 11 is 0. The standard InChI is InChI=1S/C20H17/c1-2-16-13-14-19(17-9-5-3-6-10-17)15-20(16)18-11-7-4-8-12-18/h3-14H,2H2,1H3. The molecule has 0 heterocycles. The first-order valence-corrected chi connectivity index (χ1v) is 7.04. The van der Waals surface area contributed by atoms with Crippen LogP contribution in [0.4, 0.5) is 0 Å². The summed E-state index contributed by atoms with van der Waals surface area (Å²) in [5, 5.41) is 0. The summed E-state index contributed by atoms with van der Waals surface area (Å²) in [6.45, 7) is 2.19. The molecule has 0 aliphatic heterocycles. The van der Waals surface area contributed by atoms with Crippen molar-refractivity contribution in [3.63, 3.8) is 0 Å². The lowest BCUT2D eigenvalue weighted by molar-refractivity contribution is 1.14. The van der Waals surface area contributed by atoms with Gasteiger partial charge in [-0.15, -0.1) is 0 Å². The Bertz CT molecular complexity index is 682. The highest BCUT2D eigenvalue weighted by Gasteiger charge is 2.06. The van der Waals surface area contributed by atoms with Crippen LogP contribution in [0.2, 0.25) is 0 Å². The van der Waals surface area contributed by atoms with Crippen molar-refractivity contribution in [3.05, 3.63) is 84.4 Å². The second-order valence-corrected chi connectivity index (χ2v) is 4.86. The van der Waals surface area contributed by atoms with Crippen LogP contribution in [0.1, 0.15) is 12.5 Å². The van der Waals surface area contributed by atoms with E-state index < -0.39 is 0 Å². The summed E-state index contributed by atoms with van der Waals surface area (Å²) in [6, 6.07) is 28.9. The van der Waals surface area contributed by atoms with Gasteiger partial charge in [0, 0.05) is 0 Å². The van der Waals surface area contributed by atoms with Gasteiger partial charge in [-0.3, -0.25) is 0 Å². The van der Waals surface area contributed by atoms with E-state index >= 15 is 0 Å². The third-order valence-corrected chi connectivity index (χ3v) is 3.56. The highest BCUT2D eigenvalue weighted by molar-refractivity contribution is 5.74. The Labute approximate surface area is 120 Å². The first-order chi connectivity index (χ1) is 9.88. The zero-order valence-electron chi connectivity index (χ0n) is 11.6. The Balaban J connectivity index is 2.13. The molecule has 0 N–H and O–H groups in total. The molecule has 0 unspecified atom stereocenters. The van der Waals surface area contributed by atoms with Crippen molar-refractivity contribution in [1.82, 2.24) is 0 Å². The van der Waals surface area contributed by atoms with Crippen LogP contribution in [0.15, 0.2) is 72.8 Å². The van der Waals surface area contributed by atoms with Gasteiger partial charge in [0.05, 0.1) is 0 Å². The number of hydrogen-bond acceptors (Lipinski definition) is 0. The molecule has 0 fully saturated rings. The zero-order chi connectivity index (χ0) is 13.8. The van der Waals surface area contributed by atoms with Crippen LogP contribution >= 0.6 is 0 Å². The Morgan fingerprint density at radius 1 is 0.700 bits per heavy atom. The molecule has 97 valence electrons. The number of hydrogen-bond donors (Lipinski definition) is 0. The van der Waals surface area contributed by atoms with Gasteiger partial charge in [0.2, 0.25) is 0 Å². The van der Waals surface area contributed by atoms with Crippen molar-refractivity contribution >= 4 is 0 Å². The van der Waals surface area contributed by atoms with Crippen molar-refractivity contribution in [3.8, 4) is 22.3 Å². The minimum absolute atomic E-state index is 1.02. The van der Waals surface area contributed by atoms with E-state index in [4.69, 9.17) is 0 Å². The van der Waals surface area contributed by atoms with Crippen LogP contribution in [0.25, 0.3) is 22.3 Å². The molecule has 3 aromatic carbocycles. The summed E-state index contributed by atoms with van der Waals surface area (Å²) in [6.07, 6.45) is 1.02. The average Bonchev–Trinajstić information content (AvgIpc) is 2.56. The highest BCUT2D eigenvalue weighted by atomic mass is 14.1. The first kappa shape index (κ1) is 12.7. The van der Waals surface area contributed by atoms with Gasteiger partial charge in [-0.25, -0.2) is 0 Å². The predicted molar refractivity (Wildman–Crippen MR) is 85.5 cm³/mol. The molecule has 0 amide bonds. The fraction of sp³-hybridized carbons (Fsp3) is 0.100. The molecular weight excluding hydrogens is 240 g/mol. The molecule has 3 rings (SSSR count). The van der Waals surface area contributed by atoms with Gasteiger partial charge < -0.3 is 0 Å². The molecule has 0 heteroatoms. The summed E-state index contributed by atoms with van der Waals surface area (Å²) in [7, 11) is 0. The Kier molecular flexibility index (Phi) is 3.64. The van der Waals surface area contributed by atoms with E-state index in [1.54, 1.807) is 0 Å². The van der Waals surface area contributed by atoms with Gasteiger partial charge in [-0.05, 0) is 40.3 Å². The summed E-state index contributed by atoms with van der Waals surface area (Å²) in [5.74, 6) is 0. The minimum Gasteiger partial charge on any atom is -0.0622 e. The summed E-state index contributed by atoms with van der Waals surface area (Å²) < 4.78 is 0. The monoisotopic (exact) mass is 257 g/mol. The summed E-state index contributed by atoms with van der Waals surface area (Å²) in [5.41, 5.74) is 6.17. The average molecular weight is 257 g/mol. The Morgan fingerprint density at radius 2 is 1.30 bits per heavy atom. The van der Waals surface area contributed by atoms with Gasteiger partial charge >= 0.3 is 0 Å². The van der Waals surface area contributed by atoms with Crippen molar-refractivity contribution in [2.75, 3.05) is 0 Å². The molecule has 0 bridgehead atoms. The normalized spacial score (nSPS) is 10.4. The SMILES string of the molecule is CCc1ccc(-c2ccccc2)[c]c1-c1ccccc1. The van der Waals surface area contributed by atoms with E-state index in [0.29, 0.717) is 0 Å². The maximum atomic E-state index is 3.60. The largest absolute Gasteiger partial charge is 0.0622 e. The quantitative estimate of drug-likeness (QED) is 0.590. The number of benzene rings is 3.